The van der Waals surface area contributed by atoms with Gasteiger partial charge in [-0.2, -0.15) is 0 Å². The van der Waals surface area contributed by atoms with E-state index in [1.54, 1.807) is 12.1 Å². The number of imide groups is 2. The number of benzene rings is 2. The highest BCUT2D eigenvalue weighted by atomic mass is 35.5. The van der Waals surface area contributed by atoms with Crippen molar-refractivity contribution >= 4 is 41.2 Å². The van der Waals surface area contributed by atoms with Crippen molar-refractivity contribution in [3.63, 3.8) is 0 Å². The van der Waals surface area contributed by atoms with Crippen molar-refractivity contribution < 1.29 is 14.4 Å². The summed E-state index contributed by atoms with van der Waals surface area (Å²) in [5.74, 6) is -1.42. The molecule has 4 rings (SSSR count). The molecule has 0 radical (unpaired) electrons. The Labute approximate surface area is 191 Å². The molecule has 0 spiro atoms. The number of nitrogens with one attached hydrogen (secondary N) is 1. The number of hydrogen-bond donors (Lipinski definition) is 1. The molecule has 2 heterocycles. The minimum absolute atomic E-state index is 0.119. The molecule has 2 aromatic carbocycles. The predicted molar refractivity (Wildman–Crippen MR) is 125 cm³/mol. The third kappa shape index (κ3) is 3.63. The number of aryl methyl sites for hydroxylation is 3. The predicted octanol–water partition coefficient (Wildman–Crippen LogP) is 5.03. The lowest BCUT2D eigenvalue weighted by Crippen LogP contribution is -2.54. The average molecular weight is 448 g/mol. The van der Waals surface area contributed by atoms with Crippen LogP contribution < -0.4 is 10.2 Å². The molecule has 1 saturated heterocycles. The summed E-state index contributed by atoms with van der Waals surface area (Å²) >= 11 is 6.18. The molecule has 3 aromatic rings. The zero-order valence-electron chi connectivity index (χ0n) is 18.2. The second kappa shape index (κ2) is 8.13. The van der Waals surface area contributed by atoms with Crippen LogP contribution in [-0.2, 0) is 9.59 Å². The Kier molecular flexibility index (Phi) is 5.48. The lowest BCUT2D eigenvalue weighted by atomic mass is 10.1. The number of rotatable bonds is 3. The lowest BCUT2D eigenvalue weighted by Gasteiger charge is -2.26. The molecule has 0 aliphatic carbocycles. The number of barbiturate groups is 1. The lowest BCUT2D eigenvalue weighted by molar-refractivity contribution is -0.122. The summed E-state index contributed by atoms with van der Waals surface area (Å²) in [6.45, 7) is 7.75. The number of nitrogens with zero attached hydrogens (tertiary/aromatic N) is 2. The third-order valence-corrected chi connectivity index (χ3v) is 6.05. The molecule has 1 N–H and O–H groups in total. The van der Waals surface area contributed by atoms with E-state index in [2.05, 4.69) is 9.88 Å². The Bertz CT molecular complexity index is 1320. The van der Waals surface area contributed by atoms with Gasteiger partial charge in [0.1, 0.15) is 5.57 Å². The summed E-state index contributed by atoms with van der Waals surface area (Å²) in [6.07, 6.45) is 1.53. The molecule has 0 saturated carbocycles. The largest absolute Gasteiger partial charge is 0.335 e. The molecule has 7 heteroatoms. The summed E-state index contributed by atoms with van der Waals surface area (Å²) in [5, 5.41) is 2.68. The quantitative estimate of drug-likeness (QED) is 0.452. The monoisotopic (exact) mass is 447 g/mol. The number of hydrogen-bond acceptors (Lipinski definition) is 3. The maximum Gasteiger partial charge on any atom is 0.335 e. The van der Waals surface area contributed by atoms with Crippen molar-refractivity contribution in [1.82, 2.24) is 9.88 Å². The van der Waals surface area contributed by atoms with E-state index < -0.39 is 17.8 Å². The number of carbonyl (C=O) groups excluding carboxylic acids is 3. The first-order chi connectivity index (χ1) is 15.2. The Morgan fingerprint density at radius 3 is 2.31 bits per heavy atom. The van der Waals surface area contributed by atoms with Crippen molar-refractivity contribution in [3.8, 4) is 5.69 Å². The number of halogens is 1. The van der Waals surface area contributed by atoms with Crippen molar-refractivity contribution in [3.05, 3.63) is 87.2 Å². The normalized spacial score (nSPS) is 15.5. The second-order valence-corrected chi connectivity index (χ2v) is 8.25. The second-order valence-electron chi connectivity index (χ2n) is 7.84. The van der Waals surface area contributed by atoms with Gasteiger partial charge >= 0.3 is 6.03 Å². The van der Waals surface area contributed by atoms with Gasteiger partial charge in [0.2, 0.25) is 0 Å². The SMILES string of the molecule is Cc1ccc(N2C(=O)NC(=O)/C(=C\c3cc(C)n(-c4ccccc4C)c3C)C2=O)cc1Cl. The van der Waals surface area contributed by atoms with Gasteiger partial charge in [-0.05, 0) is 74.7 Å². The van der Waals surface area contributed by atoms with E-state index in [1.807, 2.05) is 58.0 Å². The molecule has 1 aliphatic heterocycles. The number of anilines is 1. The van der Waals surface area contributed by atoms with Gasteiger partial charge in [-0.3, -0.25) is 14.9 Å². The van der Waals surface area contributed by atoms with Gasteiger partial charge in [0.15, 0.2) is 0 Å². The van der Waals surface area contributed by atoms with E-state index in [9.17, 15) is 14.4 Å². The fraction of sp³-hybridized carbons (Fsp3) is 0.160. The highest BCUT2D eigenvalue weighted by Gasteiger charge is 2.37. The van der Waals surface area contributed by atoms with Gasteiger partial charge in [0.05, 0.1) is 5.69 Å². The molecule has 1 aliphatic rings. The standard InChI is InChI=1S/C25H22ClN3O3/c1-14-9-10-19(13-21(14)26)29-24(31)20(23(30)27-25(29)32)12-18-11-16(3)28(17(18)4)22-8-6-5-7-15(22)2/h5-13H,1-4H3,(H,27,30,32)/b20-12+. The third-order valence-electron chi connectivity index (χ3n) is 5.64. The Balaban J connectivity index is 1.78. The smallest absolute Gasteiger partial charge is 0.318 e. The molecule has 0 bridgehead atoms. The van der Waals surface area contributed by atoms with Crippen LogP contribution in [0.2, 0.25) is 5.02 Å². The van der Waals surface area contributed by atoms with E-state index in [1.165, 1.54) is 12.1 Å². The van der Waals surface area contributed by atoms with Gasteiger partial charge in [0.25, 0.3) is 11.8 Å². The van der Waals surface area contributed by atoms with Crippen molar-refractivity contribution in [2.45, 2.75) is 27.7 Å². The molecule has 162 valence electrons. The number of urea groups is 1. The Hall–Kier alpha value is -3.64. The fourth-order valence-corrected chi connectivity index (χ4v) is 4.06. The summed E-state index contributed by atoms with van der Waals surface area (Å²) in [5.41, 5.74) is 5.69. The number of para-hydroxylation sites is 1. The molecular formula is C25H22ClN3O3. The summed E-state index contributed by atoms with van der Waals surface area (Å²) in [7, 11) is 0. The van der Waals surface area contributed by atoms with Gasteiger partial charge in [-0.1, -0.05) is 35.9 Å². The van der Waals surface area contributed by atoms with Crippen molar-refractivity contribution in [1.29, 1.82) is 0 Å². The Morgan fingerprint density at radius 2 is 1.62 bits per heavy atom. The zero-order chi connectivity index (χ0) is 23.2. The molecule has 6 nitrogen and oxygen atoms in total. The van der Waals surface area contributed by atoms with E-state index in [0.717, 1.165) is 38.7 Å². The van der Waals surface area contributed by atoms with E-state index in [4.69, 9.17) is 11.6 Å². The average Bonchev–Trinajstić information content (AvgIpc) is 3.01. The highest BCUT2D eigenvalue weighted by Crippen LogP contribution is 2.29. The van der Waals surface area contributed by atoms with Crippen LogP contribution in [0.5, 0.6) is 0 Å². The van der Waals surface area contributed by atoms with Gasteiger partial charge in [-0.25, -0.2) is 9.69 Å². The van der Waals surface area contributed by atoms with Crippen LogP contribution in [0.4, 0.5) is 10.5 Å². The zero-order valence-corrected chi connectivity index (χ0v) is 18.9. The molecule has 0 unspecified atom stereocenters. The van der Waals surface area contributed by atoms with E-state index in [-0.39, 0.29) is 5.57 Å². The molecule has 1 aromatic heterocycles. The number of amides is 4. The minimum atomic E-state index is -0.803. The van der Waals surface area contributed by atoms with Crippen LogP contribution in [0.1, 0.15) is 28.1 Å². The number of aromatic nitrogens is 1. The Morgan fingerprint density at radius 1 is 0.906 bits per heavy atom. The first-order valence-corrected chi connectivity index (χ1v) is 10.5. The highest BCUT2D eigenvalue weighted by molar-refractivity contribution is 6.39. The van der Waals surface area contributed by atoms with Crippen LogP contribution in [0.3, 0.4) is 0 Å². The van der Waals surface area contributed by atoms with Crippen molar-refractivity contribution in [2.75, 3.05) is 4.90 Å². The summed E-state index contributed by atoms with van der Waals surface area (Å²) in [6, 6.07) is 14.0. The minimum Gasteiger partial charge on any atom is -0.318 e. The summed E-state index contributed by atoms with van der Waals surface area (Å²) < 4.78 is 2.08. The molecular weight excluding hydrogens is 426 g/mol. The van der Waals surface area contributed by atoms with Gasteiger partial charge in [0, 0.05) is 22.1 Å². The fourth-order valence-electron chi connectivity index (χ4n) is 3.89. The molecule has 1 fully saturated rings. The topological polar surface area (TPSA) is 71.4 Å². The van der Waals surface area contributed by atoms with Crippen LogP contribution in [-0.4, -0.2) is 22.4 Å². The molecule has 4 amide bonds. The maximum atomic E-state index is 13.2. The van der Waals surface area contributed by atoms with E-state index >= 15 is 0 Å². The maximum absolute atomic E-state index is 13.2. The van der Waals surface area contributed by atoms with Gasteiger partial charge in [-0.15, -0.1) is 0 Å². The van der Waals surface area contributed by atoms with Crippen LogP contribution in [0.15, 0.2) is 54.1 Å². The first-order valence-electron chi connectivity index (χ1n) is 10.1. The summed E-state index contributed by atoms with van der Waals surface area (Å²) in [4.78, 5) is 39.2. The number of carbonyl (C=O) groups is 3. The van der Waals surface area contributed by atoms with E-state index in [0.29, 0.717) is 10.7 Å². The van der Waals surface area contributed by atoms with Crippen molar-refractivity contribution in [2.24, 2.45) is 0 Å². The molecule has 32 heavy (non-hydrogen) atoms. The van der Waals surface area contributed by atoms with Crippen LogP contribution >= 0.6 is 11.6 Å². The van der Waals surface area contributed by atoms with Crippen LogP contribution in [0.25, 0.3) is 11.8 Å². The van der Waals surface area contributed by atoms with Gasteiger partial charge < -0.3 is 4.57 Å². The molecule has 0 atom stereocenters. The first kappa shape index (κ1) is 21.6. The van der Waals surface area contributed by atoms with Crippen LogP contribution in [0, 0.1) is 27.7 Å².